The lowest BCUT2D eigenvalue weighted by molar-refractivity contribution is 0.549. The van der Waals surface area contributed by atoms with Gasteiger partial charge in [0.25, 0.3) is 0 Å². The molecular formula is C26H30. The highest BCUT2D eigenvalue weighted by molar-refractivity contribution is 5.68. The van der Waals surface area contributed by atoms with Gasteiger partial charge < -0.3 is 0 Å². The van der Waals surface area contributed by atoms with Gasteiger partial charge in [-0.05, 0) is 46.9 Å². The zero-order valence-corrected chi connectivity index (χ0v) is 16.5. The Morgan fingerprint density at radius 2 is 1.00 bits per heavy atom. The molecule has 0 nitrogen and oxygen atoms in total. The van der Waals surface area contributed by atoms with Gasteiger partial charge in [-0.2, -0.15) is 0 Å². The molecule has 0 aromatic heterocycles. The van der Waals surface area contributed by atoms with Gasteiger partial charge in [0.1, 0.15) is 0 Å². The van der Waals surface area contributed by atoms with E-state index in [1.165, 1.54) is 35.1 Å². The maximum Gasteiger partial charge on any atom is 0.00603 e. The molecule has 0 radical (unpaired) electrons. The van der Waals surface area contributed by atoms with Crippen molar-refractivity contribution in [3.05, 3.63) is 81.9 Å². The van der Waals surface area contributed by atoms with E-state index >= 15 is 0 Å². The van der Waals surface area contributed by atoms with E-state index in [4.69, 9.17) is 0 Å². The first kappa shape index (κ1) is 17.3. The van der Waals surface area contributed by atoms with E-state index in [-0.39, 0.29) is 0 Å². The summed E-state index contributed by atoms with van der Waals surface area (Å²) in [5, 5.41) is 0. The van der Waals surface area contributed by atoms with Crippen molar-refractivity contribution in [1.29, 1.82) is 0 Å². The Kier molecular flexibility index (Phi) is 4.61. The third-order valence-corrected chi connectivity index (χ3v) is 6.27. The summed E-state index contributed by atoms with van der Waals surface area (Å²) < 4.78 is 0. The first-order valence-corrected chi connectivity index (χ1v) is 10.2. The highest BCUT2D eigenvalue weighted by atomic mass is 14.3. The largest absolute Gasteiger partial charge is 0.0619 e. The van der Waals surface area contributed by atoms with Crippen molar-refractivity contribution < 1.29 is 0 Å². The minimum absolute atomic E-state index is 0.590. The van der Waals surface area contributed by atoms with Crippen LogP contribution >= 0.6 is 0 Å². The third kappa shape index (κ3) is 2.96. The number of allylic oxidation sites excluding steroid dienone is 2. The fourth-order valence-electron chi connectivity index (χ4n) is 4.95. The van der Waals surface area contributed by atoms with Crippen molar-refractivity contribution >= 4 is 12.2 Å². The third-order valence-electron chi connectivity index (χ3n) is 6.27. The highest BCUT2D eigenvalue weighted by Gasteiger charge is 2.31. The van der Waals surface area contributed by atoms with Crippen LogP contribution in [0.2, 0.25) is 0 Å². The summed E-state index contributed by atoms with van der Waals surface area (Å²) in [6.45, 7) is 9.37. The second-order valence-corrected chi connectivity index (χ2v) is 8.54. The molecule has 0 fully saturated rings. The lowest BCUT2D eigenvalue weighted by Crippen LogP contribution is -2.09. The van der Waals surface area contributed by atoms with Gasteiger partial charge in [0.2, 0.25) is 0 Å². The van der Waals surface area contributed by atoms with Crippen molar-refractivity contribution in [2.75, 3.05) is 0 Å². The van der Waals surface area contributed by atoms with E-state index in [1.807, 2.05) is 0 Å². The summed E-state index contributed by atoms with van der Waals surface area (Å²) >= 11 is 0. The van der Waals surface area contributed by atoms with Crippen molar-refractivity contribution in [1.82, 2.24) is 0 Å². The van der Waals surface area contributed by atoms with Gasteiger partial charge in [-0.25, -0.2) is 0 Å². The van der Waals surface area contributed by atoms with Crippen LogP contribution in [0.3, 0.4) is 0 Å². The van der Waals surface area contributed by atoms with Gasteiger partial charge in [-0.3, -0.25) is 0 Å². The Morgan fingerprint density at radius 1 is 0.615 bits per heavy atom. The Morgan fingerprint density at radius 3 is 1.38 bits per heavy atom. The van der Waals surface area contributed by atoms with E-state index in [9.17, 15) is 0 Å². The standard InChI is InChI=1S/C26H30/c1-17(2)25-15-19-9-5-7-11-21(19)23(25)13-14-24-22-12-8-6-10-20(22)16-26(24)18(3)4/h5-12,15-18,23-24H,13-14H2,1-4H3. The quantitative estimate of drug-likeness (QED) is 0.529. The monoisotopic (exact) mass is 342 g/mol. The predicted octanol–water partition coefficient (Wildman–Crippen LogP) is 7.44. The number of hydrogen-bond acceptors (Lipinski definition) is 0. The first-order chi connectivity index (χ1) is 12.6. The number of rotatable bonds is 5. The lowest BCUT2D eigenvalue weighted by atomic mass is 9.80. The molecule has 0 aliphatic heterocycles. The van der Waals surface area contributed by atoms with Gasteiger partial charge in [0.15, 0.2) is 0 Å². The molecule has 0 heteroatoms. The Bertz CT molecular complexity index is 790. The summed E-state index contributed by atoms with van der Waals surface area (Å²) in [5.41, 5.74) is 9.19. The molecule has 2 unspecified atom stereocenters. The molecule has 0 heterocycles. The van der Waals surface area contributed by atoms with Crippen molar-refractivity contribution in [3.8, 4) is 0 Å². The average molecular weight is 343 g/mol. The molecule has 2 aromatic carbocycles. The summed E-state index contributed by atoms with van der Waals surface area (Å²) in [6, 6.07) is 18.0. The van der Waals surface area contributed by atoms with Gasteiger partial charge in [0.05, 0.1) is 0 Å². The summed E-state index contributed by atoms with van der Waals surface area (Å²) in [6.07, 6.45) is 7.38. The van der Waals surface area contributed by atoms with Crippen LogP contribution in [0.4, 0.5) is 0 Å². The van der Waals surface area contributed by atoms with E-state index < -0.39 is 0 Å². The zero-order chi connectivity index (χ0) is 18.3. The fourth-order valence-corrected chi connectivity index (χ4v) is 4.95. The molecule has 0 saturated heterocycles. The van der Waals surface area contributed by atoms with Crippen molar-refractivity contribution in [2.45, 2.75) is 52.4 Å². The van der Waals surface area contributed by atoms with Crippen LogP contribution in [0.5, 0.6) is 0 Å². The van der Waals surface area contributed by atoms with Crippen LogP contribution in [-0.2, 0) is 0 Å². The fraction of sp³-hybridized carbons (Fsp3) is 0.385. The molecule has 0 spiro atoms. The molecule has 2 aromatic rings. The second-order valence-electron chi connectivity index (χ2n) is 8.54. The maximum absolute atomic E-state index is 2.45. The molecule has 0 bridgehead atoms. The van der Waals surface area contributed by atoms with Gasteiger partial charge in [0, 0.05) is 11.8 Å². The average Bonchev–Trinajstić information content (AvgIpc) is 3.18. The normalized spacial score (nSPS) is 21.0. The predicted molar refractivity (Wildman–Crippen MR) is 113 cm³/mol. The minimum atomic E-state index is 0.590. The van der Waals surface area contributed by atoms with Crippen LogP contribution in [0, 0.1) is 11.8 Å². The number of benzene rings is 2. The number of fused-ring (bicyclic) bond motifs is 2. The van der Waals surface area contributed by atoms with E-state index in [1.54, 1.807) is 11.1 Å². The van der Waals surface area contributed by atoms with E-state index in [2.05, 4.69) is 88.4 Å². The Hall–Kier alpha value is -2.08. The van der Waals surface area contributed by atoms with Crippen LogP contribution in [0.25, 0.3) is 12.2 Å². The molecule has 2 aliphatic rings. The molecule has 0 amide bonds. The van der Waals surface area contributed by atoms with Crippen molar-refractivity contribution in [3.63, 3.8) is 0 Å². The smallest absolute Gasteiger partial charge is 0.00603 e. The summed E-state index contributed by atoms with van der Waals surface area (Å²) in [5.74, 6) is 2.41. The molecule has 0 saturated carbocycles. The first-order valence-electron chi connectivity index (χ1n) is 10.2. The van der Waals surface area contributed by atoms with Crippen LogP contribution in [0.15, 0.2) is 59.7 Å². The second kappa shape index (κ2) is 6.91. The Balaban J connectivity index is 1.60. The molecule has 26 heavy (non-hydrogen) atoms. The maximum atomic E-state index is 2.45. The van der Waals surface area contributed by atoms with Gasteiger partial charge >= 0.3 is 0 Å². The molecule has 2 atom stereocenters. The molecule has 0 N–H and O–H groups in total. The SMILES string of the molecule is CC(C)C1=Cc2ccccc2C1CCC1C(C(C)C)=Cc2ccccc21. The van der Waals surface area contributed by atoms with E-state index in [0.717, 1.165) is 0 Å². The van der Waals surface area contributed by atoms with Crippen LogP contribution in [-0.4, -0.2) is 0 Å². The van der Waals surface area contributed by atoms with Crippen LogP contribution < -0.4 is 0 Å². The summed E-state index contributed by atoms with van der Waals surface area (Å²) in [4.78, 5) is 0. The van der Waals surface area contributed by atoms with Crippen molar-refractivity contribution in [2.24, 2.45) is 11.8 Å². The van der Waals surface area contributed by atoms with Crippen LogP contribution in [0.1, 0.15) is 74.6 Å². The lowest BCUT2D eigenvalue weighted by Gasteiger charge is -2.24. The van der Waals surface area contributed by atoms with E-state index in [0.29, 0.717) is 23.7 Å². The zero-order valence-electron chi connectivity index (χ0n) is 16.5. The summed E-state index contributed by atoms with van der Waals surface area (Å²) in [7, 11) is 0. The topological polar surface area (TPSA) is 0 Å². The highest BCUT2D eigenvalue weighted by Crippen LogP contribution is 2.47. The van der Waals surface area contributed by atoms with Gasteiger partial charge in [-0.1, -0.05) is 99.5 Å². The molecule has 2 aliphatic carbocycles. The Labute approximate surface area is 158 Å². The minimum Gasteiger partial charge on any atom is -0.0619 e. The molecule has 4 rings (SSSR count). The van der Waals surface area contributed by atoms with Gasteiger partial charge in [-0.15, -0.1) is 0 Å². The molecule has 134 valence electrons. The molecular weight excluding hydrogens is 312 g/mol. The number of hydrogen-bond donors (Lipinski definition) is 0.